The van der Waals surface area contributed by atoms with Gasteiger partial charge in [0.05, 0.1) is 6.42 Å². The maximum absolute atomic E-state index is 11.8. The number of nitrogens with zero attached hydrogens (tertiary/aromatic N) is 1. The van der Waals surface area contributed by atoms with Crippen LogP contribution in [0.25, 0.3) is 0 Å². The van der Waals surface area contributed by atoms with Crippen LogP contribution < -0.4 is 4.90 Å². The molecule has 0 saturated heterocycles. The van der Waals surface area contributed by atoms with E-state index >= 15 is 0 Å². The number of hydrogen-bond acceptors (Lipinski definition) is 2. The Labute approximate surface area is 102 Å². The summed E-state index contributed by atoms with van der Waals surface area (Å²) in [5.41, 5.74) is 0.815. The highest BCUT2D eigenvalue weighted by Crippen LogP contribution is 2.13. The van der Waals surface area contributed by atoms with Gasteiger partial charge in [-0.2, -0.15) is 0 Å². The van der Waals surface area contributed by atoms with Crippen molar-refractivity contribution in [3.63, 3.8) is 0 Å². The fraction of sp³-hybridized carbons (Fsp3) is 0.429. The van der Waals surface area contributed by atoms with Gasteiger partial charge in [-0.25, -0.2) is 0 Å². The molecule has 1 aromatic carbocycles. The molecule has 0 aliphatic rings. The van der Waals surface area contributed by atoms with Gasteiger partial charge in [0.25, 0.3) is 0 Å². The molecular weight excluding hydrogens is 214 g/mol. The Morgan fingerprint density at radius 2 is 1.76 bits per heavy atom. The third kappa shape index (κ3) is 4.39. The minimum Gasteiger partial charge on any atom is -0.315 e. The van der Waals surface area contributed by atoms with E-state index in [-0.39, 0.29) is 18.1 Å². The molecule has 1 amide bonds. The van der Waals surface area contributed by atoms with Crippen LogP contribution in [0.4, 0.5) is 5.69 Å². The second-order valence-corrected chi connectivity index (χ2v) is 4.60. The molecule has 1 aromatic rings. The molecule has 92 valence electrons. The summed E-state index contributed by atoms with van der Waals surface area (Å²) in [6.07, 6.45) is 0.456. The monoisotopic (exact) mass is 233 g/mol. The minimum absolute atomic E-state index is 0.00720. The first-order valence-corrected chi connectivity index (χ1v) is 5.84. The van der Waals surface area contributed by atoms with Crippen LogP contribution in [0, 0.1) is 5.92 Å². The van der Waals surface area contributed by atoms with Gasteiger partial charge in [0.2, 0.25) is 5.91 Å². The van der Waals surface area contributed by atoms with Gasteiger partial charge in [-0.1, -0.05) is 32.0 Å². The average molecular weight is 233 g/mol. The standard InChI is InChI=1S/C14H19NO2/c1-11(2)9-13(16)10-14(17)15(3)12-7-5-4-6-8-12/h4-8,11H,9-10H2,1-3H3. The van der Waals surface area contributed by atoms with E-state index in [1.165, 1.54) is 4.90 Å². The molecule has 1 rings (SSSR count). The van der Waals surface area contributed by atoms with Crippen LogP contribution in [-0.4, -0.2) is 18.7 Å². The van der Waals surface area contributed by atoms with E-state index < -0.39 is 0 Å². The lowest BCUT2D eigenvalue weighted by molar-refractivity contribution is -0.126. The van der Waals surface area contributed by atoms with Gasteiger partial charge in [0.1, 0.15) is 5.78 Å². The predicted molar refractivity (Wildman–Crippen MR) is 68.9 cm³/mol. The summed E-state index contributed by atoms with van der Waals surface area (Å²) in [4.78, 5) is 24.9. The SMILES string of the molecule is CC(C)CC(=O)CC(=O)N(C)c1ccccc1. The number of carbonyl (C=O) groups is 2. The summed E-state index contributed by atoms with van der Waals surface area (Å²) in [5.74, 6) is 0.159. The van der Waals surface area contributed by atoms with Gasteiger partial charge in [0.15, 0.2) is 0 Å². The summed E-state index contributed by atoms with van der Waals surface area (Å²) in [5, 5.41) is 0. The molecule has 0 bridgehead atoms. The van der Waals surface area contributed by atoms with Gasteiger partial charge in [-0.05, 0) is 18.1 Å². The van der Waals surface area contributed by atoms with Crippen molar-refractivity contribution in [3.05, 3.63) is 30.3 Å². The van der Waals surface area contributed by atoms with Gasteiger partial charge < -0.3 is 4.90 Å². The van der Waals surface area contributed by atoms with Gasteiger partial charge >= 0.3 is 0 Å². The highest BCUT2D eigenvalue weighted by Gasteiger charge is 2.15. The van der Waals surface area contributed by atoms with Crippen LogP contribution in [-0.2, 0) is 9.59 Å². The largest absolute Gasteiger partial charge is 0.315 e. The summed E-state index contributed by atoms with van der Waals surface area (Å²) >= 11 is 0. The van der Waals surface area contributed by atoms with Crippen molar-refractivity contribution in [3.8, 4) is 0 Å². The lowest BCUT2D eigenvalue weighted by Gasteiger charge is -2.17. The second kappa shape index (κ2) is 6.18. The Morgan fingerprint density at radius 1 is 1.18 bits per heavy atom. The third-order valence-corrected chi connectivity index (χ3v) is 2.50. The van der Waals surface area contributed by atoms with Crippen LogP contribution in [0.1, 0.15) is 26.7 Å². The van der Waals surface area contributed by atoms with Crippen LogP contribution in [0.15, 0.2) is 30.3 Å². The molecule has 0 spiro atoms. The summed E-state index contributed by atoms with van der Waals surface area (Å²) in [6.45, 7) is 3.95. The molecule has 0 aromatic heterocycles. The van der Waals surface area contributed by atoms with E-state index in [4.69, 9.17) is 0 Å². The van der Waals surface area contributed by atoms with E-state index in [9.17, 15) is 9.59 Å². The molecule has 0 N–H and O–H groups in total. The minimum atomic E-state index is -0.151. The lowest BCUT2D eigenvalue weighted by atomic mass is 10.0. The average Bonchev–Trinajstić information content (AvgIpc) is 2.28. The number of anilines is 1. The molecule has 0 heterocycles. The first-order valence-electron chi connectivity index (χ1n) is 5.84. The van der Waals surface area contributed by atoms with Gasteiger partial charge in [-0.15, -0.1) is 0 Å². The topological polar surface area (TPSA) is 37.4 Å². The van der Waals surface area contributed by atoms with E-state index in [1.807, 2.05) is 44.2 Å². The zero-order valence-corrected chi connectivity index (χ0v) is 10.6. The Morgan fingerprint density at radius 3 is 2.29 bits per heavy atom. The first kappa shape index (κ1) is 13.4. The van der Waals surface area contributed by atoms with Gasteiger partial charge in [-0.3, -0.25) is 9.59 Å². The van der Waals surface area contributed by atoms with Crippen molar-refractivity contribution in [2.24, 2.45) is 5.92 Å². The molecule has 0 unspecified atom stereocenters. The molecule has 0 fully saturated rings. The summed E-state index contributed by atoms with van der Waals surface area (Å²) < 4.78 is 0. The number of amides is 1. The predicted octanol–water partition coefficient (Wildman–Crippen LogP) is 2.65. The molecule has 0 aliphatic carbocycles. The maximum atomic E-state index is 11.8. The normalized spacial score (nSPS) is 10.4. The number of ketones is 1. The van der Waals surface area contributed by atoms with Crippen molar-refractivity contribution >= 4 is 17.4 Å². The van der Waals surface area contributed by atoms with Crippen molar-refractivity contribution in [1.82, 2.24) is 0 Å². The molecular formula is C14H19NO2. The van der Waals surface area contributed by atoms with E-state index in [0.29, 0.717) is 12.3 Å². The van der Waals surface area contributed by atoms with Crippen molar-refractivity contribution in [1.29, 1.82) is 0 Å². The smallest absolute Gasteiger partial charge is 0.234 e. The number of rotatable bonds is 5. The summed E-state index contributed by atoms with van der Waals surface area (Å²) in [6, 6.07) is 9.34. The quantitative estimate of drug-likeness (QED) is 0.733. The van der Waals surface area contributed by atoms with Gasteiger partial charge in [0, 0.05) is 19.2 Å². The number of Topliss-reactive ketones (excluding diaryl/α,β-unsaturated/α-hetero) is 1. The van der Waals surface area contributed by atoms with Crippen molar-refractivity contribution in [2.45, 2.75) is 26.7 Å². The van der Waals surface area contributed by atoms with Crippen molar-refractivity contribution < 1.29 is 9.59 Å². The molecule has 0 atom stereocenters. The number of carbonyl (C=O) groups excluding carboxylic acids is 2. The van der Waals surface area contributed by atoms with E-state index in [1.54, 1.807) is 7.05 Å². The Kier molecular flexibility index (Phi) is 4.88. The van der Waals surface area contributed by atoms with E-state index in [2.05, 4.69) is 0 Å². The Hall–Kier alpha value is -1.64. The van der Waals surface area contributed by atoms with Crippen molar-refractivity contribution in [2.75, 3.05) is 11.9 Å². The zero-order valence-electron chi connectivity index (χ0n) is 10.6. The highest BCUT2D eigenvalue weighted by molar-refractivity contribution is 6.05. The van der Waals surface area contributed by atoms with Crippen LogP contribution in [0.2, 0.25) is 0 Å². The molecule has 0 aliphatic heterocycles. The fourth-order valence-corrected chi connectivity index (χ4v) is 1.61. The fourth-order valence-electron chi connectivity index (χ4n) is 1.61. The van der Waals surface area contributed by atoms with E-state index in [0.717, 1.165) is 5.69 Å². The third-order valence-electron chi connectivity index (χ3n) is 2.50. The lowest BCUT2D eigenvalue weighted by Crippen LogP contribution is -2.28. The molecule has 3 nitrogen and oxygen atoms in total. The summed E-state index contributed by atoms with van der Waals surface area (Å²) in [7, 11) is 1.69. The first-order chi connectivity index (χ1) is 8.00. The molecule has 0 saturated carbocycles. The van der Waals surface area contributed by atoms with Crippen LogP contribution >= 0.6 is 0 Å². The maximum Gasteiger partial charge on any atom is 0.234 e. The number of para-hydroxylation sites is 1. The molecule has 3 heteroatoms. The van der Waals surface area contributed by atoms with Crippen LogP contribution in [0.3, 0.4) is 0 Å². The Bertz CT molecular complexity index is 384. The molecule has 17 heavy (non-hydrogen) atoms. The molecule has 0 radical (unpaired) electrons. The number of benzene rings is 1. The van der Waals surface area contributed by atoms with Crippen LogP contribution in [0.5, 0.6) is 0 Å². The zero-order chi connectivity index (χ0) is 12.8. The second-order valence-electron chi connectivity index (χ2n) is 4.60. The highest BCUT2D eigenvalue weighted by atomic mass is 16.2. The Balaban J connectivity index is 2.56. The number of hydrogen-bond donors (Lipinski definition) is 0.